The zero-order chi connectivity index (χ0) is 16.8. The summed E-state index contributed by atoms with van der Waals surface area (Å²) in [7, 11) is 1.61. The Morgan fingerprint density at radius 1 is 1.12 bits per heavy atom. The van der Waals surface area contributed by atoms with E-state index in [4.69, 9.17) is 4.74 Å². The van der Waals surface area contributed by atoms with E-state index in [0.29, 0.717) is 12.3 Å². The lowest BCUT2D eigenvalue weighted by atomic mass is 10.1. The third kappa shape index (κ3) is 4.29. The van der Waals surface area contributed by atoms with Crippen LogP contribution in [0.3, 0.4) is 0 Å². The molecular formula is C18H22N4O2. The minimum atomic E-state index is 0.175. The molecule has 1 fully saturated rings. The van der Waals surface area contributed by atoms with Crippen LogP contribution in [0.1, 0.15) is 11.1 Å². The average molecular weight is 326 g/mol. The van der Waals surface area contributed by atoms with Crippen LogP contribution in [-0.2, 0) is 17.8 Å². The van der Waals surface area contributed by atoms with Crippen LogP contribution in [0.25, 0.3) is 0 Å². The summed E-state index contributed by atoms with van der Waals surface area (Å²) in [4.78, 5) is 24.9. The van der Waals surface area contributed by atoms with Gasteiger partial charge in [0.2, 0.25) is 11.8 Å². The summed E-state index contributed by atoms with van der Waals surface area (Å²) in [6.07, 6.45) is 5.75. The number of hydrogen-bond donors (Lipinski definition) is 0. The Labute approximate surface area is 142 Å². The zero-order valence-electron chi connectivity index (χ0n) is 13.9. The van der Waals surface area contributed by atoms with Crippen molar-refractivity contribution in [1.29, 1.82) is 0 Å². The van der Waals surface area contributed by atoms with E-state index >= 15 is 0 Å². The number of hydrogen-bond acceptors (Lipinski definition) is 5. The van der Waals surface area contributed by atoms with E-state index in [9.17, 15) is 4.79 Å². The smallest absolute Gasteiger partial charge is 0.227 e. The first-order valence-electron chi connectivity index (χ1n) is 8.12. The Hall–Kier alpha value is -2.47. The zero-order valence-corrected chi connectivity index (χ0v) is 13.9. The Kier molecular flexibility index (Phi) is 5.38. The molecule has 0 atom stereocenters. The van der Waals surface area contributed by atoms with Crippen molar-refractivity contribution in [1.82, 2.24) is 19.8 Å². The molecule has 3 rings (SSSR count). The molecule has 0 unspecified atom stereocenters. The standard InChI is InChI=1S/C18H22N4O2/c1-24-17-5-4-16(13-20-17)14-21-7-9-22(10-8-21)18(23)11-15-3-2-6-19-12-15/h2-6,12-13H,7-11,14H2,1H3. The van der Waals surface area contributed by atoms with Crippen LogP contribution in [0.2, 0.25) is 0 Å². The van der Waals surface area contributed by atoms with Gasteiger partial charge in [-0.2, -0.15) is 0 Å². The van der Waals surface area contributed by atoms with E-state index in [2.05, 4.69) is 14.9 Å². The van der Waals surface area contributed by atoms with E-state index in [1.54, 1.807) is 19.5 Å². The van der Waals surface area contributed by atoms with E-state index in [1.165, 1.54) is 0 Å². The lowest BCUT2D eigenvalue weighted by Crippen LogP contribution is -2.48. The fourth-order valence-corrected chi connectivity index (χ4v) is 2.83. The number of nitrogens with zero attached hydrogens (tertiary/aromatic N) is 4. The molecular weight excluding hydrogens is 304 g/mol. The number of rotatable bonds is 5. The third-order valence-corrected chi connectivity index (χ3v) is 4.22. The lowest BCUT2D eigenvalue weighted by molar-refractivity contribution is -0.132. The summed E-state index contributed by atoms with van der Waals surface area (Å²) in [5.74, 6) is 0.804. The van der Waals surface area contributed by atoms with E-state index in [0.717, 1.165) is 43.9 Å². The first-order valence-corrected chi connectivity index (χ1v) is 8.12. The minimum absolute atomic E-state index is 0.175. The Morgan fingerprint density at radius 2 is 1.96 bits per heavy atom. The van der Waals surface area contributed by atoms with Crippen LogP contribution in [0.4, 0.5) is 0 Å². The van der Waals surface area contributed by atoms with Crippen molar-refractivity contribution in [2.24, 2.45) is 0 Å². The Bertz CT molecular complexity index is 652. The molecule has 6 nitrogen and oxygen atoms in total. The SMILES string of the molecule is COc1ccc(CN2CCN(C(=O)Cc3cccnc3)CC2)cn1. The lowest BCUT2D eigenvalue weighted by Gasteiger charge is -2.34. The van der Waals surface area contributed by atoms with Gasteiger partial charge in [0.1, 0.15) is 0 Å². The van der Waals surface area contributed by atoms with E-state index in [-0.39, 0.29) is 5.91 Å². The van der Waals surface area contributed by atoms with Gasteiger partial charge in [-0.3, -0.25) is 14.7 Å². The molecule has 0 N–H and O–H groups in total. The molecule has 24 heavy (non-hydrogen) atoms. The first kappa shape index (κ1) is 16.4. The first-order chi connectivity index (χ1) is 11.7. The van der Waals surface area contributed by atoms with Gasteiger partial charge in [0.15, 0.2) is 0 Å². The second-order valence-corrected chi connectivity index (χ2v) is 5.90. The van der Waals surface area contributed by atoms with Crippen molar-refractivity contribution < 1.29 is 9.53 Å². The Morgan fingerprint density at radius 3 is 2.58 bits per heavy atom. The van der Waals surface area contributed by atoms with Gasteiger partial charge < -0.3 is 9.64 Å². The largest absolute Gasteiger partial charge is 0.481 e. The second-order valence-electron chi connectivity index (χ2n) is 5.90. The van der Waals surface area contributed by atoms with Crippen LogP contribution in [0, 0.1) is 0 Å². The molecule has 1 amide bonds. The Balaban J connectivity index is 1.47. The molecule has 2 aromatic rings. The molecule has 0 saturated carbocycles. The maximum absolute atomic E-state index is 12.4. The third-order valence-electron chi connectivity index (χ3n) is 4.22. The van der Waals surface area contributed by atoms with Crippen LogP contribution < -0.4 is 4.74 Å². The van der Waals surface area contributed by atoms with Crippen molar-refractivity contribution in [3.63, 3.8) is 0 Å². The minimum Gasteiger partial charge on any atom is -0.481 e. The molecule has 0 bridgehead atoms. The maximum Gasteiger partial charge on any atom is 0.227 e. The highest BCUT2D eigenvalue weighted by Crippen LogP contribution is 2.12. The van der Waals surface area contributed by atoms with Crippen LogP contribution in [0.5, 0.6) is 5.88 Å². The number of carbonyl (C=O) groups is 1. The molecule has 3 heterocycles. The fourth-order valence-electron chi connectivity index (χ4n) is 2.83. The summed E-state index contributed by atoms with van der Waals surface area (Å²) in [6, 6.07) is 7.72. The summed E-state index contributed by atoms with van der Waals surface area (Å²) in [6.45, 7) is 4.14. The van der Waals surface area contributed by atoms with Crippen molar-refractivity contribution in [3.8, 4) is 5.88 Å². The molecule has 2 aromatic heterocycles. The number of methoxy groups -OCH3 is 1. The number of piperazine rings is 1. The molecule has 0 spiro atoms. The van der Waals surface area contributed by atoms with Crippen LogP contribution in [0.15, 0.2) is 42.9 Å². The van der Waals surface area contributed by atoms with Gasteiger partial charge in [-0.1, -0.05) is 12.1 Å². The van der Waals surface area contributed by atoms with Gasteiger partial charge in [-0.25, -0.2) is 4.98 Å². The number of ether oxygens (including phenoxy) is 1. The van der Waals surface area contributed by atoms with E-state index in [1.807, 2.05) is 35.4 Å². The van der Waals surface area contributed by atoms with Crippen molar-refractivity contribution in [3.05, 3.63) is 54.0 Å². The van der Waals surface area contributed by atoms with Gasteiger partial charge in [-0.15, -0.1) is 0 Å². The molecule has 1 saturated heterocycles. The molecule has 0 aliphatic carbocycles. The summed E-state index contributed by atoms with van der Waals surface area (Å²) >= 11 is 0. The fraction of sp³-hybridized carbons (Fsp3) is 0.389. The van der Waals surface area contributed by atoms with Gasteiger partial charge in [0.25, 0.3) is 0 Å². The van der Waals surface area contributed by atoms with Crippen molar-refractivity contribution >= 4 is 5.91 Å². The highest BCUT2D eigenvalue weighted by atomic mass is 16.5. The number of amides is 1. The number of pyridine rings is 2. The van der Waals surface area contributed by atoms with Gasteiger partial charge >= 0.3 is 0 Å². The maximum atomic E-state index is 12.4. The van der Waals surface area contributed by atoms with Gasteiger partial charge in [0, 0.05) is 57.4 Å². The molecule has 6 heteroatoms. The number of aromatic nitrogens is 2. The molecule has 1 aliphatic rings. The topological polar surface area (TPSA) is 58.6 Å². The van der Waals surface area contributed by atoms with Crippen molar-refractivity contribution in [2.75, 3.05) is 33.3 Å². The molecule has 1 aliphatic heterocycles. The highest BCUT2D eigenvalue weighted by molar-refractivity contribution is 5.78. The molecule has 126 valence electrons. The summed E-state index contributed by atoms with van der Waals surface area (Å²) in [5.41, 5.74) is 2.13. The van der Waals surface area contributed by atoms with Crippen molar-refractivity contribution in [2.45, 2.75) is 13.0 Å². The highest BCUT2D eigenvalue weighted by Gasteiger charge is 2.21. The predicted octanol–water partition coefficient (Wildman–Crippen LogP) is 1.37. The normalized spacial score (nSPS) is 15.3. The van der Waals surface area contributed by atoms with E-state index < -0.39 is 0 Å². The average Bonchev–Trinajstić information content (AvgIpc) is 2.64. The van der Waals surface area contributed by atoms with Gasteiger partial charge in [0.05, 0.1) is 13.5 Å². The summed E-state index contributed by atoms with van der Waals surface area (Å²) < 4.78 is 5.08. The quantitative estimate of drug-likeness (QED) is 0.831. The predicted molar refractivity (Wildman–Crippen MR) is 90.6 cm³/mol. The second kappa shape index (κ2) is 7.88. The van der Waals surface area contributed by atoms with Crippen LogP contribution >= 0.6 is 0 Å². The molecule has 0 radical (unpaired) electrons. The monoisotopic (exact) mass is 326 g/mol. The summed E-state index contributed by atoms with van der Waals surface area (Å²) in [5, 5.41) is 0. The number of carbonyl (C=O) groups excluding carboxylic acids is 1. The van der Waals surface area contributed by atoms with Crippen LogP contribution in [-0.4, -0.2) is 59.0 Å². The molecule has 0 aromatic carbocycles. The van der Waals surface area contributed by atoms with Gasteiger partial charge in [-0.05, 0) is 17.2 Å².